The first-order chi connectivity index (χ1) is 11.8. The first-order valence-corrected chi connectivity index (χ1v) is 8.76. The predicted octanol–water partition coefficient (Wildman–Crippen LogP) is 1.64. The first-order valence-electron chi connectivity index (χ1n) is 8.76. The number of allylic oxidation sites excluding steroid dienone is 2. The topological polar surface area (TPSA) is 86.3 Å². The molecule has 0 spiro atoms. The van der Waals surface area contributed by atoms with Gasteiger partial charge in [-0.25, -0.2) is 4.79 Å². The van der Waals surface area contributed by atoms with E-state index < -0.39 is 0 Å². The van der Waals surface area contributed by atoms with Crippen LogP contribution in [0.1, 0.15) is 32.1 Å². The highest BCUT2D eigenvalue weighted by Gasteiger charge is 2.14. The Labute approximate surface area is 144 Å². The molecule has 1 amide bonds. The highest BCUT2D eigenvalue weighted by Crippen LogP contribution is 2.15. The van der Waals surface area contributed by atoms with Gasteiger partial charge >= 0.3 is 6.09 Å². The summed E-state index contributed by atoms with van der Waals surface area (Å²) >= 11 is 0. The maximum atomic E-state index is 11.7. The Morgan fingerprint density at radius 3 is 2.38 bits per heavy atom. The Balaban J connectivity index is 1.88. The normalized spacial score (nSPS) is 19.3. The number of aliphatic hydroxyl groups is 1. The van der Waals surface area contributed by atoms with Crippen molar-refractivity contribution in [3.63, 3.8) is 0 Å². The molecule has 0 radical (unpaired) electrons. The third-order valence-electron chi connectivity index (χ3n) is 3.49. The van der Waals surface area contributed by atoms with Crippen molar-refractivity contribution in [1.29, 1.82) is 0 Å². The minimum atomic E-state index is -0.370. The van der Waals surface area contributed by atoms with Gasteiger partial charge in [0.25, 0.3) is 0 Å². The largest absolute Gasteiger partial charge is 0.446 e. The molecule has 140 valence electrons. The highest BCUT2D eigenvalue weighted by atomic mass is 16.6. The summed E-state index contributed by atoms with van der Waals surface area (Å²) in [6.07, 6.45) is 8.89. The molecule has 0 aromatic rings. The monoisotopic (exact) mass is 345 g/mol. The van der Waals surface area contributed by atoms with Crippen LogP contribution in [0, 0.1) is 0 Å². The number of ether oxygens (including phenoxy) is 4. The number of aliphatic hydroxyl groups excluding tert-OH is 1. The maximum absolute atomic E-state index is 11.7. The minimum Gasteiger partial charge on any atom is -0.446 e. The van der Waals surface area contributed by atoms with Gasteiger partial charge in [-0.1, -0.05) is 12.2 Å². The lowest BCUT2D eigenvalue weighted by Crippen LogP contribution is -2.31. The molecular weight excluding hydrogens is 314 g/mol. The van der Waals surface area contributed by atoms with Gasteiger partial charge in [-0.05, 0) is 32.1 Å². The molecule has 1 aliphatic carbocycles. The van der Waals surface area contributed by atoms with E-state index in [0.717, 1.165) is 32.1 Å². The molecule has 0 saturated heterocycles. The molecule has 7 nitrogen and oxygen atoms in total. The lowest BCUT2D eigenvalue weighted by atomic mass is 10.0. The van der Waals surface area contributed by atoms with Crippen molar-refractivity contribution in [2.24, 2.45) is 0 Å². The average Bonchev–Trinajstić information content (AvgIpc) is 2.55. The molecule has 0 saturated carbocycles. The van der Waals surface area contributed by atoms with Gasteiger partial charge in [-0.3, -0.25) is 0 Å². The van der Waals surface area contributed by atoms with Crippen molar-refractivity contribution in [3.05, 3.63) is 12.2 Å². The van der Waals surface area contributed by atoms with Gasteiger partial charge in [-0.15, -0.1) is 0 Å². The van der Waals surface area contributed by atoms with Crippen LogP contribution in [0.3, 0.4) is 0 Å². The summed E-state index contributed by atoms with van der Waals surface area (Å²) in [6, 6.07) is 0. The Morgan fingerprint density at radius 2 is 1.62 bits per heavy atom. The lowest BCUT2D eigenvalue weighted by Gasteiger charge is -2.18. The summed E-state index contributed by atoms with van der Waals surface area (Å²) in [4.78, 5) is 11.7. The van der Waals surface area contributed by atoms with Gasteiger partial charge in [0.15, 0.2) is 0 Å². The standard InChI is InChI=1S/C17H31NO6/c19-9-11-22-13-15-23-14-12-21-10-8-18-17(20)24-16-6-4-2-1-3-5-7-16/h1-2,16,19H,3-15H2,(H,18,20)/b2-1+. The lowest BCUT2D eigenvalue weighted by molar-refractivity contribution is 0.00793. The van der Waals surface area contributed by atoms with Crippen LogP contribution in [-0.4, -0.2) is 70.1 Å². The molecule has 7 heteroatoms. The highest BCUT2D eigenvalue weighted by molar-refractivity contribution is 5.67. The zero-order valence-corrected chi connectivity index (χ0v) is 14.4. The van der Waals surface area contributed by atoms with Crippen LogP contribution in [0.4, 0.5) is 4.79 Å². The molecule has 1 atom stereocenters. The van der Waals surface area contributed by atoms with Crippen LogP contribution in [-0.2, 0) is 18.9 Å². The van der Waals surface area contributed by atoms with E-state index in [1.165, 1.54) is 0 Å². The summed E-state index contributed by atoms with van der Waals surface area (Å²) in [5.41, 5.74) is 0. The van der Waals surface area contributed by atoms with Gasteiger partial charge in [0.05, 0.1) is 46.2 Å². The molecule has 0 heterocycles. The second kappa shape index (κ2) is 15.4. The zero-order chi connectivity index (χ0) is 17.3. The zero-order valence-electron chi connectivity index (χ0n) is 14.4. The number of rotatable bonds is 12. The fraction of sp³-hybridized carbons (Fsp3) is 0.824. The number of amides is 1. The molecule has 0 aromatic carbocycles. The van der Waals surface area contributed by atoms with Gasteiger partial charge < -0.3 is 29.4 Å². The number of nitrogens with one attached hydrogen (secondary N) is 1. The van der Waals surface area contributed by atoms with Gasteiger partial charge in [0, 0.05) is 6.54 Å². The number of alkyl carbamates (subject to hydrolysis) is 1. The SMILES string of the molecule is O=C(NCCOCCOCCOCCO)OC1CC/C=C/CCC1. The molecule has 0 fully saturated rings. The Kier molecular flexibility index (Phi) is 13.4. The summed E-state index contributed by atoms with van der Waals surface area (Å²) in [5, 5.41) is 11.2. The van der Waals surface area contributed by atoms with E-state index in [2.05, 4.69) is 17.5 Å². The van der Waals surface area contributed by atoms with Crippen molar-refractivity contribution in [2.45, 2.75) is 38.2 Å². The smallest absolute Gasteiger partial charge is 0.407 e. The Hall–Kier alpha value is -1.15. The first kappa shape index (κ1) is 20.9. The summed E-state index contributed by atoms with van der Waals surface area (Å²) in [7, 11) is 0. The van der Waals surface area contributed by atoms with Crippen molar-refractivity contribution < 1.29 is 28.8 Å². The molecule has 0 aliphatic heterocycles. The maximum Gasteiger partial charge on any atom is 0.407 e. The second-order valence-electron chi connectivity index (χ2n) is 5.49. The molecular formula is C17H31NO6. The van der Waals surface area contributed by atoms with Crippen LogP contribution < -0.4 is 5.32 Å². The molecule has 2 N–H and O–H groups in total. The van der Waals surface area contributed by atoms with Crippen LogP contribution in [0.5, 0.6) is 0 Å². The molecule has 1 rings (SSSR count). The quantitative estimate of drug-likeness (QED) is 0.413. The molecule has 1 unspecified atom stereocenters. The Morgan fingerprint density at radius 1 is 0.958 bits per heavy atom. The van der Waals surface area contributed by atoms with E-state index in [-0.39, 0.29) is 18.8 Å². The van der Waals surface area contributed by atoms with Crippen LogP contribution in [0.25, 0.3) is 0 Å². The third kappa shape index (κ3) is 12.3. The second-order valence-corrected chi connectivity index (χ2v) is 5.49. The van der Waals surface area contributed by atoms with Gasteiger partial charge in [-0.2, -0.15) is 0 Å². The average molecular weight is 345 g/mol. The molecule has 1 aliphatic rings. The number of carbonyl (C=O) groups excluding carboxylic acids is 1. The number of hydrogen-bond acceptors (Lipinski definition) is 6. The van der Waals surface area contributed by atoms with E-state index in [0.29, 0.717) is 46.2 Å². The van der Waals surface area contributed by atoms with Gasteiger partial charge in [0.2, 0.25) is 0 Å². The third-order valence-corrected chi connectivity index (χ3v) is 3.49. The van der Waals surface area contributed by atoms with Crippen molar-refractivity contribution in [2.75, 3.05) is 52.8 Å². The number of hydrogen-bond donors (Lipinski definition) is 2. The van der Waals surface area contributed by atoms with Crippen LogP contribution in [0.15, 0.2) is 12.2 Å². The van der Waals surface area contributed by atoms with E-state index >= 15 is 0 Å². The molecule has 24 heavy (non-hydrogen) atoms. The van der Waals surface area contributed by atoms with Crippen LogP contribution in [0.2, 0.25) is 0 Å². The fourth-order valence-electron chi connectivity index (χ4n) is 2.27. The predicted molar refractivity (Wildman–Crippen MR) is 90.0 cm³/mol. The molecule has 0 bridgehead atoms. The van der Waals surface area contributed by atoms with Crippen molar-refractivity contribution in [3.8, 4) is 0 Å². The van der Waals surface area contributed by atoms with Crippen molar-refractivity contribution in [1.82, 2.24) is 5.32 Å². The fourth-order valence-corrected chi connectivity index (χ4v) is 2.27. The van der Waals surface area contributed by atoms with Gasteiger partial charge in [0.1, 0.15) is 6.10 Å². The van der Waals surface area contributed by atoms with E-state index in [1.807, 2.05) is 0 Å². The van der Waals surface area contributed by atoms with E-state index in [1.54, 1.807) is 0 Å². The minimum absolute atomic E-state index is 0.0114. The summed E-state index contributed by atoms with van der Waals surface area (Å²) in [5.74, 6) is 0. The van der Waals surface area contributed by atoms with E-state index in [9.17, 15) is 4.79 Å². The summed E-state index contributed by atoms with van der Waals surface area (Å²) < 4.78 is 21.1. The van der Waals surface area contributed by atoms with Crippen molar-refractivity contribution >= 4 is 6.09 Å². The summed E-state index contributed by atoms with van der Waals surface area (Å²) in [6.45, 7) is 3.08. The number of carbonyl (C=O) groups is 1. The molecule has 0 aromatic heterocycles. The van der Waals surface area contributed by atoms with Crippen LogP contribution >= 0.6 is 0 Å². The Bertz CT molecular complexity index is 337. The van der Waals surface area contributed by atoms with E-state index in [4.69, 9.17) is 24.1 Å².